The van der Waals surface area contributed by atoms with Crippen LogP contribution in [0.5, 0.6) is 5.75 Å². The number of benzene rings is 1. The molecule has 0 bridgehead atoms. The van der Waals surface area contributed by atoms with Gasteiger partial charge in [0.1, 0.15) is 16.9 Å². The van der Waals surface area contributed by atoms with E-state index in [9.17, 15) is 9.59 Å². The van der Waals surface area contributed by atoms with Crippen molar-refractivity contribution in [3.05, 3.63) is 41.6 Å². The van der Waals surface area contributed by atoms with E-state index in [0.717, 1.165) is 105 Å². The van der Waals surface area contributed by atoms with Gasteiger partial charge in [0.2, 0.25) is 5.91 Å². The van der Waals surface area contributed by atoms with Gasteiger partial charge in [-0.25, -0.2) is 9.97 Å². The van der Waals surface area contributed by atoms with Gasteiger partial charge in [0.15, 0.2) is 5.82 Å². The average molecular weight is 602 g/mol. The van der Waals surface area contributed by atoms with Gasteiger partial charge in [0, 0.05) is 48.2 Å². The van der Waals surface area contributed by atoms with Crippen LogP contribution >= 0.6 is 0 Å². The molecule has 5 rings (SSSR count). The predicted octanol–water partition coefficient (Wildman–Crippen LogP) is 5.10. The number of pyridine rings is 1. The molecule has 0 radical (unpaired) electrons. The van der Waals surface area contributed by atoms with E-state index in [1.54, 1.807) is 7.11 Å². The summed E-state index contributed by atoms with van der Waals surface area (Å²) < 4.78 is 10.1. The molecular weight excluding hydrogens is 554 g/mol. The Morgan fingerprint density at radius 1 is 1.14 bits per heavy atom. The van der Waals surface area contributed by atoms with Gasteiger partial charge < -0.3 is 30.2 Å². The summed E-state index contributed by atoms with van der Waals surface area (Å²) in [5.41, 5.74) is 10.2. The smallest absolute Gasteiger partial charge is 0.251 e. The van der Waals surface area contributed by atoms with E-state index >= 15 is 0 Å². The Kier molecular flexibility index (Phi) is 9.58. The number of aryl methyl sites for hydroxylation is 3. The van der Waals surface area contributed by atoms with E-state index in [4.69, 9.17) is 20.4 Å². The normalized spacial score (nSPS) is 15.6. The molecule has 3 aromatic heterocycles. The molecule has 44 heavy (non-hydrogen) atoms. The maximum atomic E-state index is 13.2. The first kappa shape index (κ1) is 31.5. The third-order valence-electron chi connectivity index (χ3n) is 9.04. The molecule has 10 heteroatoms. The summed E-state index contributed by atoms with van der Waals surface area (Å²) in [7, 11) is 3.62. The highest BCUT2D eigenvalue weighted by Crippen LogP contribution is 2.34. The highest BCUT2D eigenvalue weighted by molar-refractivity contribution is 6.00. The maximum Gasteiger partial charge on any atom is 0.251 e. The largest absolute Gasteiger partial charge is 0.494 e. The molecule has 0 saturated carbocycles. The fourth-order valence-electron chi connectivity index (χ4n) is 6.16. The first-order chi connectivity index (χ1) is 21.1. The van der Waals surface area contributed by atoms with Crippen molar-refractivity contribution in [1.82, 2.24) is 29.7 Å². The number of carbonyl (C=O) groups excluding carboxylic acids is 2. The first-order valence-corrected chi connectivity index (χ1v) is 16.0. The van der Waals surface area contributed by atoms with E-state index in [-0.39, 0.29) is 17.9 Å². The number of piperidine rings is 1. The molecule has 0 aliphatic carbocycles. The SMILES string of the molecule is CCc1ccc2cc(-c3nc4cc(C(=O)NC5CCCNC5)cc(OC)c4n3C)n(CCCCCCC(C)(C)C(N)=O)c2n1. The second kappa shape index (κ2) is 13.4. The Labute approximate surface area is 259 Å². The minimum Gasteiger partial charge on any atom is -0.494 e. The molecule has 4 N–H and O–H groups in total. The van der Waals surface area contributed by atoms with Crippen LogP contribution in [0.1, 0.15) is 81.8 Å². The second-order valence-electron chi connectivity index (χ2n) is 12.7. The number of unbranched alkanes of at least 4 members (excludes halogenated alkanes) is 3. The number of nitrogens with two attached hydrogens (primary N) is 1. The number of ether oxygens (including phenoxy) is 1. The second-order valence-corrected chi connectivity index (χ2v) is 12.7. The Hall–Kier alpha value is -3.92. The third-order valence-corrected chi connectivity index (χ3v) is 9.04. The Balaban J connectivity index is 1.44. The zero-order valence-electron chi connectivity index (χ0n) is 26.8. The summed E-state index contributed by atoms with van der Waals surface area (Å²) >= 11 is 0. The number of hydrogen-bond donors (Lipinski definition) is 3. The van der Waals surface area contributed by atoms with Gasteiger partial charge in [-0.3, -0.25) is 9.59 Å². The number of fused-ring (bicyclic) bond motifs is 2. The summed E-state index contributed by atoms with van der Waals surface area (Å²) in [6, 6.07) is 10.2. The molecule has 1 aliphatic heterocycles. The molecule has 1 saturated heterocycles. The zero-order chi connectivity index (χ0) is 31.4. The van der Waals surface area contributed by atoms with Gasteiger partial charge in [-0.2, -0.15) is 0 Å². The average Bonchev–Trinajstić information content (AvgIpc) is 3.55. The number of nitrogens with one attached hydrogen (secondary N) is 2. The van der Waals surface area contributed by atoms with Crippen molar-refractivity contribution in [2.75, 3.05) is 20.2 Å². The van der Waals surface area contributed by atoms with Crippen LogP contribution in [0.15, 0.2) is 30.3 Å². The van der Waals surface area contributed by atoms with Crippen LogP contribution < -0.4 is 21.1 Å². The predicted molar refractivity (Wildman–Crippen MR) is 175 cm³/mol. The summed E-state index contributed by atoms with van der Waals surface area (Å²) in [5, 5.41) is 7.59. The first-order valence-electron chi connectivity index (χ1n) is 16.0. The van der Waals surface area contributed by atoms with Gasteiger partial charge in [-0.15, -0.1) is 0 Å². The van der Waals surface area contributed by atoms with Crippen LogP contribution in [0.25, 0.3) is 33.6 Å². The topological polar surface area (TPSA) is 129 Å². The molecule has 1 fully saturated rings. The zero-order valence-corrected chi connectivity index (χ0v) is 26.8. The summed E-state index contributed by atoms with van der Waals surface area (Å²) in [4.78, 5) is 35.0. The van der Waals surface area contributed by atoms with Crippen LogP contribution in [-0.4, -0.2) is 57.2 Å². The van der Waals surface area contributed by atoms with E-state index in [1.165, 1.54) is 0 Å². The van der Waals surface area contributed by atoms with Crippen LogP contribution in [0, 0.1) is 5.41 Å². The summed E-state index contributed by atoms with van der Waals surface area (Å²) in [5.74, 6) is 1.05. The molecule has 2 amide bonds. The summed E-state index contributed by atoms with van der Waals surface area (Å²) in [6.45, 7) is 8.51. The Morgan fingerprint density at radius 2 is 1.93 bits per heavy atom. The van der Waals surface area contributed by atoms with Gasteiger partial charge in [0.25, 0.3) is 5.91 Å². The lowest BCUT2D eigenvalue weighted by Gasteiger charge is -2.23. The highest BCUT2D eigenvalue weighted by atomic mass is 16.5. The molecule has 4 aromatic rings. The van der Waals surface area contributed by atoms with E-state index in [1.807, 2.05) is 33.0 Å². The molecular formula is C34H47N7O3. The monoisotopic (exact) mass is 601 g/mol. The lowest BCUT2D eigenvalue weighted by atomic mass is 9.86. The number of aromatic nitrogens is 4. The van der Waals surface area contributed by atoms with Gasteiger partial charge >= 0.3 is 0 Å². The lowest BCUT2D eigenvalue weighted by Crippen LogP contribution is -2.45. The van der Waals surface area contributed by atoms with E-state index in [0.29, 0.717) is 16.8 Å². The molecule has 1 unspecified atom stereocenters. The number of amides is 2. The number of hydrogen-bond acceptors (Lipinski definition) is 6. The minimum absolute atomic E-state index is 0.114. The van der Waals surface area contributed by atoms with Crippen molar-refractivity contribution in [2.45, 2.75) is 84.7 Å². The van der Waals surface area contributed by atoms with Gasteiger partial charge in [-0.05, 0) is 69.0 Å². The van der Waals surface area contributed by atoms with Crippen molar-refractivity contribution in [2.24, 2.45) is 18.2 Å². The maximum absolute atomic E-state index is 13.2. The van der Waals surface area contributed by atoms with E-state index in [2.05, 4.69) is 44.9 Å². The molecule has 1 aliphatic rings. The van der Waals surface area contributed by atoms with E-state index < -0.39 is 5.41 Å². The number of primary amides is 1. The minimum atomic E-state index is -0.473. The van der Waals surface area contributed by atoms with Crippen LogP contribution in [0.2, 0.25) is 0 Å². The van der Waals surface area contributed by atoms with Crippen LogP contribution in [-0.2, 0) is 24.8 Å². The number of imidazole rings is 1. The quantitative estimate of drug-likeness (QED) is 0.183. The van der Waals surface area contributed by atoms with Crippen LogP contribution in [0.4, 0.5) is 0 Å². The summed E-state index contributed by atoms with van der Waals surface area (Å²) in [6.07, 6.45) is 7.67. The Bertz CT molecular complexity index is 1650. The van der Waals surface area contributed by atoms with Crippen molar-refractivity contribution in [3.63, 3.8) is 0 Å². The molecule has 1 aromatic carbocycles. The number of rotatable bonds is 13. The van der Waals surface area contributed by atoms with Crippen molar-refractivity contribution in [3.8, 4) is 17.3 Å². The number of nitrogens with zero attached hydrogens (tertiary/aromatic N) is 4. The van der Waals surface area contributed by atoms with Crippen molar-refractivity contribution < 1.29 is 14.3 Å². The number of carbonyl (C=O) groups is 2. The molecule has 236 valence electrons. The Morgan fingerprint density at radius 3 is 2.64 bits per heavy atom. The third kappa shape index (κ3) is 6.60. The van der Waals surface area contributed by atoms with Crippen LogP contribution in [0.3, 0.4) is 0 Å². The van der Waals surface area contributed by atoms with Crippen molar-refractivity contribution in [1.29, 1.82) is 0 Å². The molecule has 10 nitrogen and oxygen atoms in total. The van der Waals surface area contributed by atoms with Gasteiger partial charge in [0.05, 0.1) is 18.3 Å². The molecule has 4 heterocycles. The van der Waals surface area contributed by atoms with Crippen molar-refractivity contribution >= 4 is 33.9 Å². The van der Waals surface area contributed by atoms with Gasteiger partial charge in [-0.1, -0.05) is 40.0 Å². The molecule has 1 atom stereocenters. The fourth-order valence-corrected chi connectivity index (χ4v) is 6.16. The fraction of sp³-hybridized carbons (Fsp3) is 0.529. The number of methoxy groups -OCH3 is 1. The highest BCUT2D eigenvalue weighted by Gasteiger charge is 2.25. The standard InChI is InChI=1S/C34H47N7O3/c1-6-24-14-13-22-19-27(41(30(22)37-24)17-10-8-7-9-15-34(2,3)33(35)43)31-39-26-18-23(20-28(44-5)29(26)40(31)4)32(42)38-25-12-11-16-36-21-25/h13-14,18-20,25,36H,6-12,15-17,21H2,1-5H3,(H2,35,43)(H,38,42). The molecule has 0 spiro atoms. The lowest BCUT2D eigenvalue weighted by molar-refractivity contribution is -0.126.